The van der Waals surface area contributed by atoms with Crippen molar-refractivity contribution in [3.05, 3.63) is 48.6 Å². The Morgan fingerprint density at radius 1 is 0.963 bits per heavy atom. The van der Waals surface area contributed by atoms with Crippen molar-refractivity contribution in [2.75, 3.05) is 31.2 Å². The van der Waals surface area contributed by atoms with E-state index in [4.69, 9.17) is 14.0 Å². The van der Waals surface area contributed by atoms with Crippen molar-refractivity contribution in [2.24, 2.45) is 0 Å². The molecule has 0 fully saturated rings. The molecule has 0 saturated carbocycles. The van der Waals surface area contributed by atoms with Gasteiger partial charge in [-0.3, -0.25) is 4.55 Å². The van der Waals surface area contributed by atoms with Crippen molar-refractivity contribution < 1.29 is 32.0 Å². The fourth-order valence-electron chi connectivity index (χ4n) is 1.94. The lowest BCUT2D eigenvalue weighted by atomic mass is 10.3. The van der Waals surface area contributed by atoms with Gasteiger partial charge in [0.15, 0.2) is 0 Å². The van der Waals surface area contributed by atoms with Crippen LogP contribution in [0.1, 0.15) is 13.8 Å². The minimum Gasteiger partial charge on any atom is -0.460 e. The zero-order chi connectivity index (χ0) is 20.6. The van der Waals surface area contributed by atoms with Crippen LogP contribution >= 0.6 is 0 Å². The molecule has 0 radical (unpaired) electrons. The molecule has 1 aromatic rings. The molecule has 0 atom stereocenters. The smallest absolute Gasteiger partial charge is 0.333 e. The Balaban J connectivity index is 2.82. The number of hydrogen-bond acceptors (Lipinski definition) is 7. The highest BCUT2D eigenvalue weighted by Gasteiger charge is 2.13. The zero-order valence-corrected chi connectivity index (χ0v) is 16.1. The number of carbonyl (C=O) groups is 2. The molecule has 9 heteroatoms. The zero-order valence-electron chi connectivity index (χ0n) is 15.3. The van der Waals surface area contributed by atoms with Crippen LogP contribution in [0, 0.1) is 0 Å². The van der Waals surface area contributed by atoms with Crippen molar-refractivity contribution in [2.45, 2.75) is 18.7 Å². The van der Waals surface area contributed by atoms with Crippen LogP contribution in [0.2, 0.25) is 0 Å². The molecule has 148 valence electrons. The van der Waals surface area contributed by atoms with Crippen LogP contribution in [0.5, 0.6) is 0 Å². The van der Waals surface area contributed by atoms with E-state index in [0.29, 0.717) is 5.69 Å². The fourth-order valence-corrected chi connectivity index (χ4v) is 2.42. The topological polar surface area (TPSA) is 110 Å². The first-order valence-corrected chi connectivity index (χ1v) is 9.44. The van der Waals surface area contributed by atoms with E-state index >= 15 is 0 Å². The van der Waals surface area contributed by atoms with Crippen molar-refractivity contribution >= 4 is 27.7 Å². The number of nitrogens with zero attached hydrogens (tertiary/aromatic N) is 1. The highest BCUT2D eigenvalue weighted by atomic mass is 32.2. The average Bonchev–Trinajstić information content (AvgIpc) is 2.59. The van der Waals surface area contributed by atoms with Gasteiger partial charge in [0, 0.05) is 16.8 Å². The number of esters is 2. The number of carbonyl (C=O) groups excluding carboxylic acids is 2. The molecular formula is C18H23NO7S. The van der Waals surface area contributed by atoms with Gasteiger partial charge in [-0.15, -0.1) is 0 Å². The van der Waals surface area contributed by atoms with E-state index in [0.717, 1.165) is 0 Å². The molecule has 0 amide bonds. The predicted octanol–water partition coefficient (Wildman–Crippen LogP) is 1.98. The molecule has 0 aliphatic heterocycles. The minimum absolute atomic E-state index is 0.0557. The third-order valence-electron chi connectivity index (χ3n) is 3.39. The summed E-state index contributed by atoms with van der Waals surface area (Å²) >= 11 is 0. The summed E-state index contributed by atoms with van der Waals surface area (Å²) < 4.78 is 41.5. The maximum atomic E-state index is 11.5. The normalized spacial score (nSPS) is 10.8. The Hall–Kier alpha value is -2.65. The van der Waals surface area contributed by atoms with E-state index in [2.05, 4.69) is 13.2 Å². The van der Waals surface area contributed by atoms with Crippen molar-refractivity contribution in [3.63, 3.8) is 0 Å². The summed E-state index contributed by atoms with van der Waals surface area (Å²) in [6, 6.07) is 5.48. The third-order valence-corrected chi connectivity index (χ3v) is 4.25. The van der Waals surface area contributed by atoms with Crippen LogP contribution in [0.25, 0.3) is 0 Å². The number of ether oxygens (including phenoxy) is 2. The molecular weight excluding hydrogens is 374 g/mol. The molecule has 1 rings (SSSR count). The molecule has 1 N–H and O–H groups in total. The van der Waals surface area contributed by atoms with Crippen LogP contribution in [0.4, 0.5) is 5.69 Å². The van der Waals surface area contributed by atoms with Crippen LogP contribution < -0.4 is 4.90 Å². The summed E-state index contributed by atoms with van der Waals surface area (Å²) in [6.07, 6.45) is 0. The minimum atomic E-state index is -4.30. The summed E-state index contributed by atoms with van der Waals surface area (Å²) in [5.41, 5.74) is 1.14. The molecule has 1 aromatic carbocycles. The second kappa shape index (κ2) is 9.89. The summed E-state index contributed by atoms with van der Waals surface area (Å²) in [6.45, 7) is 10.7. The van der Waals surface area contributed by atoms with E-state index in [-0.39, 0.29) is 42.3 Å². The van der Waals surface area contributed by atoms with Crippen LogP contribution in [0.15, 0.2) is 53.5 Å². The fraction of sp³-hybridized carbons (Fsp3) is 0.333. The van der Waals surface area contributed by atoms with Crippen LogP contribution in [-0.2, 0) is 29.2 Å². The summed E-state index contributed by atoms with van der Waals surface area (Å²) in [4.78, 5) is 24.5. The lowest BCUT2D eigenvalue weighted by Gasteiger charge is -2.24. The Morgan fingerprint density at radius 3 is 1.70 bits per heavy atom. The van der Waals surface area contributed by atoms with Gasteiger partial charge >= 0.3 is 11.9 Å². The SMILES string of the molecule is C=C(C)C(=O)OCCN(CCOC(=O)C(=C)C)c1ccc(S(=O)(=O)O)cc1. The molecule has 0 unspecified atom stereocenters. The third kappa shape index (κ3) is 7.63. The van der Waals surface area contributed by atoms with Gasteiger partial charge in [0.2, 0.25) is 0 Å². The lowest BCUT2D eigenvalue weighted by Crippen LogP contribution is -2.32. The van der Waals surface area contributed by atoms with E-state index in [9.17, 15) is 18.0 Å². The van der Waals surface area contributed by atoms with Gasteiger partial charge in [0.05, 0.1) is 18.0 Å². The quantitative estimate of drug-likeness (QED) is 0.362. The highest BCUT2D eigenvalue weighted by molar-refractivity contribution is 7.85. The molecule has 0 saturated heterocycles. The summed E-state index contributed by atoms with van der Waals surface area (Å²) in [7, 11) is -4.30. The number of anilines is 1. The van der Waals surface area contributed by atoms with Crippen molar-refractivity contribution in [3.8, 4) is 0 Å². The Labute approximate surface area is 158 Å². The first kappa shape index (κ1) is 22.4. The molecule has 0 aliphatic rings. The summed E-state index contributed by atoms with van der Waals surface area (Å²) in [5, 5.41) is 0. The van der Waals surface area contributed by atoms with E-state index in [1.807, 2.05) is 0 Å². The second-order valence-electron chi connectivity index (χ2n) is 5.79. The number of benzene rings is 1. The first-order valence-electron chi connectivity index (χ1n) is 8.00. The van der Waals surface area contributed by atoms with E-state index < -0.39 is 22.1 Å². The van der Waals surface area contributed by atoms with E-state index in [1.165, 1.54) is 38.1 Å². The lowest BCUT2D eigenvalue weighted by molar-refractivity contribution is -0.139. The predicted molar refractivity (Wildman–Crippen MR) is 100 cm³/mol. The maximum absolute atomic E-state index is 11.5. The number of rotatable bonds is 10. The van der Waals surface area contributed by atoms with E-state index in [1.54, 1.807) is 4.90 Å². The van der Waals surface area contributed by atoms with Gasteiger partial charge in [-0.05, 0) is 38.1 Å². The largest absolute Gasteiger partial charge is 0.460 e. The van der Waals surface area contributed by atoms with Gasteiger partial charge in [-0.2, -0.15) is 8.42 Å². The van der Waals surface area contributed by atoms with Gasteiger partial charge < -0.3 is 14.4 Å². The molecule has 0 bridgehead atoms. The Morgan fingerprint density at radius 2 is 1.37 bits per heavy atom. The first-order chi connectivity index (χ1) is 12.5. The molecule has 0 spiro atoms. The molecule has 0 aromatic heterocycles. The van der Waals surface area contributed by atoms with Gasteiger partial charge in [-0.1, -0.05) is 13.2 Å². The molecule has 0 heterocycles. The Kier molecular flexibility index (Phi) is 8.20. The van der Waals surface area contributed by atoms with Gasteiger partial charge in [-0.25, -0.2) is 9.59 Å². The number of hydrogen-bond donors (Lipinski definition) is 1. The molecule has 8 nitrogen and oxygen atoms in total. The van der Waals surface area contributed by atoms with Crippen molar-refractivity contribution in [1.82, 2.24) is 0 Å². The molecule has 0 aliphatic carbocycles. The Bertz CT molecular complexity index is 781. The maximum Gasteiger partial charge on any atom is 0.333 e. The van der Waals surface area contributed by atoms with Gasteiger partial charge in [0.25, 0.3) is 10.1 Å². The van der Waals surface area contributed by atoms with Crippen LogP contribution in [0.3, 0.4) is 0 Å². The second-order valence-corrected chi connectivity index (χ2v) is 7.21. The van der Waals surface area contributed by atoms with Crippen LogP contribution in [-0.4, -0.2) is 51.2 Å². The van der Waals surface area contributed by atoms with Gasteiger partial charge in [0.1, 0.15) is 13.2 Å². The van der Waals surface area contributed by atoms with Crippen molar-refractivity contribution in [1.29, 1.82) is 0 Å². The summed E-state index contributed by atoms with van der Waals surface area (Å²) in [5.74, 6) is -1.05. The molecule has 27 heavy (non-hydrogen) atoms. The average molecular weight is 397 g/mol. The highest BCUT2D eigenvalue weighted by Crippen LogP contribution is 2.18. The standard InChI is InChI=1S/C18H23NO7S/c1-13(2)17(20)25-11-9-19(10-12-26-18(21)14(3)4)15-5-7-16(8-6-15)27(22,23)24/h5-8H,1,3,9-12H2,2,4H3,(H,22,23,24). The monoisotopic (exact) mass is 397 g/mol.